The zero-order chi connectivity index (χ0) is 15.1. The summed E-state index contributed by atoms with van der Waals surface area (Å²) in [5, 5.41) is 3.64. The van der Waals surface area contributed by atoms with Gasteiger partial charge in [0.05, 0.1) is 19.3 Å². The minimum Gasteiger partial charge on any atom is -0.381 e. The van der Waals surface area contributed by atoms with Crippen molar-refractivity contribution < 1.29 is 9.47 Å². The molecule has 124 valence electrons. The Morgan fingerprint density at radius 2 is 2.19 bits per heavy atom. The van der Waals surface area contributed by atoms with Crippen LogP contribution in [0.2, 0.25) is 0 Å². The topological polar surface area (TPSA) is 33.7 Å². The highest BCUT2D eigenvalue weighted by atomic mass is 16.5. The molecule has 21 heavy (non-hydrogen) atoms. The van der Waals surface area contributed by atoms with Gasteiger partial charge in [-0.15, -0.1) is 0 Å². The molecule has 0 amide bonds. The molecule has 2 fully saturated rings. The van der Waals surface area contributed by atoms with Gasteiger partial charge < -0.3 is 14.8 Å². The second-order valence-corrected chi connectivity index (χ2v) is 6.97. The quantitative estimate of drug-likeness (QED) is 0.731. The van der Waals surface area contributed by atoms with Crippen LogP contribution in [0.1, 0.15) is 46.5 Å². The smallest absolute Gasteiger partial charge is 0.0674 e. The van der Waals surface area contributed by atoms with Crippen LogP contribution >= 0.6 is 0 Å². The van der Waals surface area contributed by atoms with Gasteiger partial charge in [-0.05, 0) is 39.2 Å². The van der Waals surface area contributed by atoms with Crippen molar-refractivity contribution in [2.45, 2.75) is 58.6 Å². The first-order valence-electron chi connectivity index (χ1n) is 8.83. The van der Waals surface area contributed by atoms with E-state index in [0.29, 0.717) is 12.1 Å². The Bertz CT molecular complexity index is 293. The van der Waals surface area contributed by atoms with Gasteiger partial charge >= 0.3 is 0 Å². The summed E-state index contributed by atoms with van der Waals surface area (Å²) in [7, 11) is 0. The maximum atomic E-state index is 5.86. The van der Waals surface area contributed by atoms with Crippen molar-refractivity contribution >= 4 is 0 Å². The molecule has 2 rings (SSSR count). The van der Waals surface area contributed by atoms with Crippen molar-refractivity contribution in [3.05, 3.63) is 0 Å². The van der Waals surface area contributed by atoms with Gasteiger partial charge in [0.15, 0.2) is 0 Å². The van der Waals surface area contributed by atoms with Gasteiger partial charge in [0, 0.05) is 37.7 Å². The first-order valence-corrected chi connectivity index (χ1v) is 8.83. The van der Waals surface area contributed by atoms with Gasteiger partial charge in [0.1, 0.15) is 0 Å². The summed E-state index contributed by atoms with van der Waals surface area (Å²) in [6.07, 6.45) is 5.21. The fraction of sp³-hybridized carbons (Fsp3) is 1.00. The highest BCUT2D eigenvalue weighted by Crippen LogP contribution is 2.31. The maximum Gasteiger partial charge on any atom is 0.0674 e. The van der Waals surface area contributed by atoms with Gasteiger partial charge in [-0.1, -0.05) is 13.8 Å². The molecule has 0 saturated carbocycles. The number of nitrogens with one attached hydrogen (secondary N) is 1. The number of hydrogen-bond acceptors (Lipinski definition) is 4. The molecule has 2 aliphatic heterocycles. The van der Waals surface area contributed by atoms with Crippen LogP contribution in [-0.4, -0.2) is 63.0 Å². The number of hydrogen-bond donors (Lipinski definition) is 1. The van der Waals surface area contributed by atoms with Crippen molar-refractivity contribution in [3.8, 4) is 0 Å². The monoisotopic (exact) mass is 298 g/mol. The molecule has 2 aliphatic rings. The normalized spacial score (nSPS) is 35.0. The Balaban J connectivity index is 1.98. The van der Waals surface area contributed by atoms with E-state index in [9.17, 15) is 0 Å². The molecule has 0 spiro atoms. The van der Waals surface area contributed by atoms with E-state index in [0.717, 1.165) is 46.0 Å². The molecule has 0 aliphatic carbocycles. The summed E-state index contributed by atoms with van der Waals surface area (Å²) in [6.45, 7) is 13.8. The van der Waals surface area contributed by atoms with Crippen molar-refractivity contribution in [2.24, 2.45) is 5.41 Å². The maximum absolute atomic E-state index is 5.86. The zero-order valence-electron chi connectivity index (χ0n) is 14.2. The average Bonchev–Trinajstić information content (AvgIpc) is 2.49. The molecule has 4 nitrogen and oxygen atoms in total. The summed E-state index contributed by atoms with van der Waals surface area (Å²) < 4.78 is 11.7. The Morgan fingerprint density at radius 1 is 1.33 bits per heavy atom. The Labute approximate surface area is 130 Å². The lowest BCUT2D eigenvalue weighted by Gasteiger charge is -2.46. The fourth-order valence-corrected chi connectivity index (χ4v) is 3.67. The zero-order valence-corrected chi connectivity index (χ0v) is 14.2. The Morgan fingerprint density at radius 3 is 2.86 bits per heavy atom. The number of rotatable bonds is 7. The number of morpholine rings is 1. The largest absolute Gasteiger partial charge is 0.381 e. The van der Waals surface area contributed by atoms with Crippen molar-refractivity contribution in [3.63, 3.8) is 0 Å². The SMILES string of the molecule is CCCNCC1(CN2CC(C)OCC2CC)CCCOC1. The van der Waals surface area contributed by atoms with Crippen molar-refractivity contribution in [1.82, 2.24) is 10.2 Å². The number of ether oxygens (including phenoxy) is 2. The molecule has 0 aromatic carbocycles. The highest BCUT2D eigenvalue weighted by Gasteiger charge is 2.37. The van der Waals surface area contributed by atoms with Gasteiger partial charge in [0.2, 0.25) is 0 Å². The van der Waals surface area contributed by atoms with E-state index in [1.807, 2.05) is 0 Å². The van der Waals surface area contributed by atoms with Crippen LogP contribution in [0.15, 0.2) is 0 Å². The third kappa shape index (κ3) is 4.92. The first-order chi connectivity index (χ1) is 10.2. The van der Waals surface area contributed by atoms with Gasteiger partial charge in [-0.3, -0.25) is 4.90 Å². The van der Waals surface area contributed by atoms with Gasteiger partial charge in [0.25, 0.3) is 0 Å². The Kier molecular flexibility index (Phi) is 6.93. The van der Waals surface area contributed by atoms with Crippen LogP contribution in [0.5, 0.6) is 0 Å². The van der Waals surface area contributed by atoms with Crippen LogP contribution in [0.4, 0.5) is 0 Å². The lowest BCUT2D eigenvalue weighted by Crippen LogP contribution is -2.56. The molecule has 0 aromatic rings. The van der Waals surface area contributed by atoms with E-state index in [1.165, 1.54) is 25.7 Å². The second-order valence-electron chi connectivity index (χ2n) is 6.97. The second kappa shape index (κ2) is 8.47. The van der Waals surface area contributed by atoms with E-state index in [2.05, 4.69) is 31.0 Å². The third-order valence-electron chi connectivity index (χ3n) is 4.92. The summed E-state index contributed by atoms with van der Waals surface area (Å²) in [6, 6.07) is 0.575. The molecule has 2 heterocycles. The predicted molar refractivity (Wildman–Crippen MR) is 86.7 cm³/mol. The van der Waals surface area contributed by atoms with Crippen LogP contribution in [0.3, 0.4) is 0 Å². The van der Waals surface area contributed by atoms with Gasteiger partial charge in [-0.25, -0.2) is 0 Å². The molecule has 0 aromatic heterocycles. The molecular weight excluding hydrogens is 264 g/mol. The van der Waals surface area contributed by atoms with Crippen LogP contribution in [0, 0.1) is 5.41 Å². The highest BCUT2D eigenvalue weighted by molar-refractivity contribution is 4.90. The minimum absolute atomic E-state index is 0.290. The summed E-state index contributed by atoms with van der Waals surface area (Å²) in [5.41, 5.74) is 0.290. The molecule has 1 N–H and O–H groups in total. The molecule has 3 atom stereocenters. The standard InChI is InChI=1S/C17H34N2O2/c1-4-8-18-12-17(7-6-9-20-14-17)13-19-10-15(3)21-11-16(19)5-2/h15-16,18H,4-14H2,1-3H3. The van der Waals surface area contributed by atoms with Gasteiger partial charge in [-0.2, -0.15) is 0 Å². The van der Waals surface area contributed by atoms with E-state index in [4.69, 9.17) is 9.47 Å². The summed E-state index contributed by atoms with van der Waals surface area (Å²) >= 11 is 0. The molecule has 0 radical (unpaired) electrons. The number of nitrogens with zero attached hydrogens (tertiary/aromatic N) is 1. The van der Waals surface area contributed by atoms with Crippen LogP contribution in [-0.2, 0) is 9.47 Å². The van der Waals surface area contributed by atoms with E-state index in [-0.39, 0.29) is 5.41 Å². The molecule has 4 heteroatoms. The van der Waals surface area contributed by atoms with E-state index in [1.54, 1.807) is 0 Å². The predicted octanol–water partition coefficient (Wildman–Crippen LogP) is 2.28. The molecular formula is C17H34N2O2. The van der Waals surface area contributed by atoms with E-state index < -0.39 is 0 Å². The summed E-state index contributed by atoms with van der Waals surface area (Å²) in [4.78, 5) is 2.66. The lowest BCUT2D eigenvalue weighted by molar-refractivity contribution is -0.0901. The molecule has 3 unspecified atom stereocenters. The summed E-state index contributed by atoms with van der Waals surface area (Å²) in [5.74, 6) is 0. The fourth-order valence-electron chi connectivity index (χ4n) is 3.67. The van der Waals surface area contributed by atoms with Crippen molar-refractivity contribution in [2.75, 3.05) is 46.0 Å². The average molecular weight is 298 g/mol. The van der Waals surface area contributed by atoms with Crippen molar-refractivity contribution in [1.29, 1.82) is 0 Å². The minimum atomic E-state index is 0.290. The third-order valence-corrected chi connectivity index (χ3v) is 4.92. The van der Waals surface area contributed by atoms with E-state index >= 15 is 0 Å². The molecule has 0 bridgehead atoms. The lowest BCUT2D eigenvalue weighted by atomic mass is 9.81. The van der Waals surface area contributed by atoms with Crippen LogP contribution < -0.4 is 5.32 Å². The first kappa shape index (κ1) is 17.2. The van der Waals surface area contributed by atoms with Crippen LogP contribution in [0.25, 0.3) is 0 Å². The Hall–Kier alpha value is -0.160. The molecule has 2 saturated heterocycles.